The maximum atomic E-state index is 11.7. The van der Waals surface area contributed by atoms with E-state index in [0.717, 1.165) is 98.8 Å². The summed E-state index contributed by atoms with van der Waals surface area (Å²) in [5.41, 5.74) is 14.3. The second-order valence-electron chi connectivity index (χ2n) is 16.4. The summed E-state index contributed by atoms with van der Waals surface area (Å²) in [5, 5.41) is 14.4. The van der Waals surface area contributed by atoms with E-state index >= 15 is 0 Å². The highest BCUT2D eigenvalue weighted by Gasteiger charge is 2.34. The van der Waals surface area contributed by atoms with Gasteiger partial charge in [-0.2, -0.15) is 0 Å². The van der Waals surface area contributed by atoms with E-state index < -0.39 is 0 Å². The van der Waals surface area contributed by atoms with Crippen molar-refractivity contribution in [3.05, 3.63) is 66.6 Å². The van der Waals surface area contributed by atoms with Crippen LogP contribution in [0.2, 0.25) is 0 Å². The van der Waals surface area contributed by atoms with Gasteiger partial charge in [0, 0.05) is 36.2 Å². The standard InChI is InChI=1S/C20H29N5OS.C19H26N6S.C3H7N.C3H8/c1-13-14(2)27-18(21-13)12-24-10-7-9-17(24)20-23-19(22-15(3)26)16-8-5-4-6-11-25(16)20;1-14-15(7-5-10-20)21-18(26-14)13-24-11-6-8-16(24)19-23-22-17-9-3-2-4-12-25(17)19;1-3(2)4;1-3-2/h17H,4-12H2,1-3H3,(H,22,26);16H,2-4,6,8-13,20H2,1H3;1,4H2,2H3;3H2,1-2H3. The Hall–Kier alpha value is -3.94. The van der Waals surface area contributed by atoms with Crippen molar-refractivity contribution in [2.75, 3.05) is 25.0 Å². The number of likely N-dealkylation sites (tertiary alicyclic amines) is 2. The number of rotatable bonds is 7. The number of amides is 1. The quantitative estimate of drug-likeness (QED) is 0.154. The van der Waals surface area contributed by atoms with Crippen molar-refractivity contribution in [2.45, 2.75) is 170 Å². The van der Waals surface area contributed by atoms with Crippen molar-refractivity contribution in [3.8, 4) is 11.8 Å². The minimum atomic E-state index is -0.0382. The fourth-order valence-corrected chi connectivity index (χ4v) is 10.2. The molecule has 0 spiro atoms. The van der Waals surface area contributed by atoms with Crippen LogP contribution in [0.5, 0.6) is 0 Å². The molecule has 4 aliphatic rings. The number of fused-ring (bicyclic) bond motifs is 2. The fourth-order valence-electron chi connectivity index (χ4n) is 8.36. The first-order chi connectivity index (χ1) is 28.9. The van der Waals surface area contributed by atoms with E-state index in [4.69, 9.17) is 26.4 Å². The van der Waals surface area contributed by atoms with Crippen LogP contribution in [0.15, 0.2) is 12.3 Å². The molecule has 2 fully saturated rings. The number of imidazole rings is 1. The maximum Gasteiger partial charge on any atom is 0.222 e. The Balaban J connectivity index is 0.000000197. The monoisotopic (exact) mass is 859 g/mol. The Morgan fingerprint density at radius 3 is 1.97 bits per heavy atom. The molecule has 13 nitrogen and oxygen atoms in total. The molecule has 1 amide bonds. The lowest BCUT2D eigenvalue weighted by molar-refractivity contribution is -0.114. The number of hydrogen-bond donors (Lipinski definition) is 3. The number of nitrogens with one attached hydrogen (secondary N) is 1. The molecule has 2 unspecified atom stereocenters. The van der Waals surface area contributed by atoms with Crippen LogP contribution < -0.4 is 16.8 Å². The smallest absolute Gasteiger partial charge is 0.222 e. The van der Waals surface area contributed by atoms with Crippen LogP contribution in [0.3, 0.4) is 0 Å². The molecule has 8 heterocycles. The molecule has 0 bridgehead atoms. The molecule has 4 aliphatic heterocycles. The molecule has 0 aromatic carbocycles. The highest BCUT2D eigenvalue weighted by atomic mass is 32.1. The summed E-state index contributed by atoms with van der Waals surface area (Å²) < 4.78 is 4.79. The van der Waals surface area contributed by atoms with Crippen molar-refractivity contribution >= 4 is 34.4 Å². The Morgan fingerprint density at radius 1 is 0.783 bits per heavy atom. The summed E-state index contributed by atoms with van der Waals surface area (Å²) >= 11 is 3.55. The van der Waals surface area contributed by atoms with E-state index in [-0.39, 0.29) is 5.91 Å². The second-order valence-corrected chi connectivity index (χ2v) is 19.0. The Labute approximate surface area is 366 Å². The van der Waals surface area contributed by atoms with Gasteiger partial charge < -0.3 is 25.9 Å². The number of aromatic nitrogens is 7. The number of thiazole rings is 2. The Kier molecular flexibility index (Phi) is 18.3. The van der Waals surface area contributed by atoms with E-state index in [0.29, 0.717) is 24.3 Å². The van der Waals surface area contributed by atoms with Gasteiger partial charge in [-0.1, -0.05) is 45.6 Å². The van der Waals surface area contributed by atoms with Crippen molar-refractivity contribution < 1.29 is 4.79 Å². The molecule has 5 N–H and O–H groups in total. The number of anilines is 1. The lowest BCUT2D eigenvalue weighted by atomic mass is 10.2. The minimum absolute atomic E-state index is 0.0382. The summed E-state index contributed by atoms with van der Waals surface area (Å²) in [6, 6.07) is 0.672. The van der Waals surface area contributed by atoms with Gasteiger partial charge >= 0.3 is 0 Å². The van der Waals surface area contributed by atoms with Gasteiger partial charge in [0.15, 0.2) is 5.82 Å². The number of nitrogens with two attached hydrogens (primary N) is 2. The first-order valence-electron chi connectivity index (χ1n) is 22.2. The number of nitrogens with zero attached hydrogens (tertiary/aromatic N) is 9. The van der Waals surface area contributed by atoms with Gasteiger partial charge in [0.2, 0.25) is 5.91 Å². The molecule has 0 radical (unpaired) electrons. The summed E-state index contributed by atoms with van der Waals surface area (Å²) in [6.45, 7) is 23.6. The highest BCUT2D eigenvalue weighted by molar-refractivity contribution is 7.12. The first-order valence-corrected chi connectivity index (χ1v) is 23.8. The third-order valence-electron chi connectivity index (χ3n) is 11.1. The van der Waals surface area contributed by atoms with Gasteiger partial charge in [0.1, 0.15) is 33.2 Å². The number of allylic oxidation sites excluding steroid dienone is 1. The van der Waals surface area contributed by atoms with Gasteiger partial charge in [-0.3, -0.25) is 14.6 Å². The molecule has 2 saturated heterocycles. The number of hydrogen-bond acceptors (Lipinski definition) is 12. The Bertz CT molecular complexity index is 2040. The third kappa shape index (κ3) is 12.8. The van der Waals surface area contributed by atoms with Crippen molar-refractivity contribution in [2.24, 2.45) is 11.5 Å². The van der Waals surface area contributed by atoms with Crippen LogP contribution in [-0.2, 0) is 43.8 Å². The van der Waals surface area contributed by atoms with E-state index in [1.165, 1.54) is 84.1 Å². The lowest BCUT2D eigenvalue weighted by Crippen LogP contribution is -2.25. The van der Waals surface area contributed by atoms with E-state index in [9.17, 15) is 4.79 Å². The van der Waals surface area contributed by atoms with Crippen LogP contribution in [0.4, 0.5) is 5.82 Å². The van der Waals surface area contributed by atoms with E-state index in [1.54, 1.807) is 25.2 Å². The summed E-state index contributed by atoms with van der Waals surface area (Å²) in [5.74, 6) is 10.2. The second kappa shape index (κ2) is 23.3. The minimum Gasteiger partial charge on any atom is -0.403 e. The molecule has 8 rings (SSSR count). The van der Waals surface area contributed by atoms with Crippen LogP contribution in [-0.4, -0.2) is 69.6 Å². The predicted octanol–water partition coefficient (Wildman–Crippen LogP) is 8.29. The number of aryl methyl sites for hydroxylation is 4. The zero-order chi connectivity index (χ0) is 43.2. The molecular formula is C45H70N12OS2. The van der Waals surface area contributed by atoms with Crippen LogP contribution in [0.1, 0.15) is 165 Å². The van der Waals surface area contributed by atoms with Gasteiger partial charge in [-0.15, -0.1) is 32.9 Å². The molecule has 60 heavy (non-hydrogen) atoms. The van der Waals surface area contributed by atoms with Crippen LogP contribution in [0, 0.1) is 32.6 Å². The van der Waals surface area contributed by atoms with Gasteiger partial charge in [0.25, 0.3) is 0 Å². The van der Waals surface area contributed by atoms with Gasteiger partial charge in [-0.25, -0.2) is 15.0 Å². The number of carbonyl (C=O) groups excluding carboxylic acids is 1. The zero-order valence-electron chi connectivity index (χ0n) is 37.4. The average molecular weight is 859 g/mol. The molecule has 0 aliphatic carbocycles. The molecule has 4 aromatic heterocycles. The predicted molar refractivity (Wildman–Crippen MR) is 246 cm³/mol. The fraction of sp³-hybridized carbons (Fsp3) is 0.644. The van der Waals surface area contributed by atoms with E-state index in [2.05, 4.69) is 87.5 Å². The Morgan fingerprint density at radius 2 is 1.37 bits per heavy atom. The largest absolute Gasteiger partial charge is 0.403 e. The summed E-state index contributed by atoms with van der Waals surface area (Å²) in [6.07, 6.45) is 15.3. The van der Waals surface area contributed by atoms with Gasteiger partial charge in [0.05, 0.1) is 43.1 Å². The third-order valence-corrected chi connectivity index (χ3v) is 13.1. The van der Waals surface area contributed by atoms with Crippen molar-refractivity contribution in [1.82, 2.24) is 44.1 Å². The van der Waals surface area contributed by atoms with Crippen LogP contribution >= 0.6 is 22.7 Å². The molecule has 4 aromatic rings. The lowest BCUT2D eigenvalue weighted by Gasteiger charge is -2.24. The molecule has 15 heteroatoms. The zero-order valence-corrected chi connectivity index (χ0v) is 39.0. The van der Waals surface area contributed by atoms with E-state index in [1.807, 2.05) is 11.3 Å². The SMILES string of the molecule is C=C(C)N.CC(=O)Nc1nc(C2CCCN2Cc2nc(C)c(C)s2)n2c1CCCCC2.CCC.Cc1sc(CN2CCCC2c2nnc3n2CCCCC3)nc1C#CCN. The summed E-state index contributed by atoms with van der Waals surface area (Å²) in [4.78, 5) is 33.6. The van der Waals surface area contributed by atoms with Crippen molar-refractivity contribution in [3.63, 3.8) is 0 Å². The molecule has 328 valence electrons. The number of carbonyl (C=O) groups is 1. The molecule has 2 atom stereocenters. The highest BCUT2D eigenvalue weighted by Crippen LogP contribution is 2.37. The normalized spacial score (nSPS) is 18.8. The maximum absolute atomic E-state index is 11.7. The van der Waals surface area contributed by atoms with Gasteiger partial charge in [-0.05, 0) is 110 Å². The molecule has 0 saturated carbocycles. The van der Waals surface area contributed by atoms with Crippen molar-refractivity contribution in [1.29, 1.82) is 0 Å². The summed E-state index contributed by atoms with van der Waals surface area (Å²) in [7, 11) is 0. The molecular weight excluding hydrogens is 789 g/mol. The first kappa shape index (κ1) is 47.1. The average Bonchev–Trinajstić information content (AvgIpc) is 4.04. The topological polar surface area (TPSA) is 162 Å². The van der Waals surface area contributed by atoms with Crippen LogP contribution in [0.25, 0.3) is 0 Å².